The van der Waals surface area contributed by atoms with E-state index in [0.717, 1.165) is 5.39 Å². The first kappa shape index (κ1) is 14.1. The van der Waals surface area contributed by atoms with Crippen molar-refractivity contribution in [3.05, 3.63) is 30.5 Å². The monoisotopic (exact) mass is 325 g/mol. The molecule has 0 saturated heterocycles. The molecule has 0 fully saturated rings. The fourth-order valence-electron chi connectivity index (χ4n) is 2.24. The Hall–Kier alpha value is -1.86. The molecule has 21 heavy (non-hydrogen) atoms. The minimum atomic E-state index is -3.97. The Labute approximate surface area is 125 Å². The molecule has 0 radical (unpaired) electrons. The van der Waals surface area contributed by atoms with Crippen LogP contribution in [0, 0.1) is 0 Å². The summed E-state index contributed by atoms with van der Waals surface area (Å²) in [6.45, 7) is 3.67. The Bertz CT molecular complexity index is 912. The molecule has 0 atom stereocenters. The topological polar surface area (TPSA) is 78.0 Å². The summed E-state index contributed by atoms with van der Waals surface area (Å²) < 4.78 is 30.2. The predicted octanol–water partition coefficient (Wildman–Crippen LogP) is 3.20. The minimum absolute atomic E-state index is 0.174. The normalized spacial score (nSPS) is 12.4. The van der Waals surface area contributed by atoms with E-state index < -0.39 is 9.05 Å². The quantitative estimate of drug-likeness (QED) is 0.691. The molecule has 0 aliphatic heterocycles. The summed E-state index contributed by atoms with van der Waals surface area (Å²) in [6, 6.07) is 7.26. The Balaban J connectivity index is 2.31. The third-order valence-corrected chi connectivity index (χ3v) is 4.25. The number of hydrogen-bond acceptors (Lipinski definition) is 5. The van der Waals surface area contributed by atoms with Crippen LogP contribution in [-0.4, -0.2) is 23.2 Å². The molecule has 6 nitrogen and oxygen atoms in total. The van der Waals surface area contributed by atoms with Gasteiger partial charge >= 0.3 is 0 Å². The smallest absolute Gasteiger partial charge is 0.296 e. The highest BCUT2D eigenvalue weighted by Crippen LogP contribution is 2.32. The number of hydrogen-bond donors (Lipinski definition) is 0. The molecule has 0 saturated carbocycles. The maximum atomic E-state index is 11.6. The number of furan rings is 1. The first-order valence-electron chi connectivity index (χ1n) is 6.25. The van der Waals surface area contributed by atoms with Crippen molar-refractivity contribution in [1.82, 2.24) is 14.8 Å². The Morgan fingerprint density at radius 3 is 2.62 bits per heavy atom. The first-order chi connectivity index (χ1) is 9.89. The lowest BCUT2D eigenvalue weighted by Gasteiger charge is -2.11. The van der Waals surface area contributed by atoms with Gasteiger partial charge in [0.25, 0.3) is 14.2 Å². The Morgan fingerprint density at radius 1 is 1.24 bits per heavy atom. The molecule has 0 unspecified atom stereocenters. The van der Waals surface area contributed by atoms with E-state index in [1.54, 1.807) is 0 Å². The lowest BCUT2D eigenvalue weighted by Crippen LogP contribution is -2.10. The Morgan fingerprint density at radius 2 is 1.95 bits per heavy atom. The maximum absolute atomic E-state index is 11.6. The van der Waals surface area contributed by atoms with Crippen LogP contribution in [0.4, 0.5) is 0 Å². The van der Waals surface area contributed by atoms with E-state index in [4.69, 9.17) is 15.1 Å². The summed E-state index contributed by atoms with van der Waals surface area (Å²) in [5, 5.41) is 8.28. The summed E-state index contributed by atoms with van der Waals surface area (Å²) >= 11 is 0. The number of halogens is 1. The van der Waals surface area contributed by atoms with Gasteiger partial charge in [0, 0.05) is 22.1 Å². The molecule has 2 aromatic heterocycles. The summed E-state index contributed by atoms with van der Waals surface area (Å²) in [4.78, 5) is 0. The van der Waals surface area contributed by atoms with E-state index in [0.29, 0.717) is 17.0 Å². The third-order valence-electron chi connectivity index (χ3n) is 3.12. The van der Waals surface area contributed by atoms with Gasteiger partial charge in [-0.15, -0.1) is 10.2 Å². The first-order valence-corrected chi connectivity index (χ1v) is 8.56. The highest BCUT2D eigenvalue weighted by Gasteiger charge is 2.26. The SMILES string of the molecule is CC(C)n1c(-c2coc3ccccc23)nnc1S(=O)(=O)Cl. The van der Waals surface area contributed by atoms with Crippen molar-refractivity contribution in [2.45, 2.75) is 25.0 Å². The second-order valence-corrected chi connectivity index (χ2v) is 7.31. The molecular weight excluding hydrogens is 314 g/mol. The van der Waals surface area contributed by atoms with Gasteiger partial charge in [-0.2, -0.15) is 0 Å². The average Bonchev–Trinajstić information content (AvgIpc) is 3.01. The van der Waals surface area contributed by atoms with E-state index in [1.807, 2.05) is 38.1 Å². The van der Waals surface area contributed by atoms with Gasteiger partial charge in [0.15, 0.2) is 5.82 Å². The van der Waals surface area contributed by atoms with Crippen molar-refractivity contribution in [3.63, 3.8) is 0 Å². The van der Waals surface area contributed by atoms with Crippen molar-refractivity contribution in [1.29, 1.82) is 0 Å². The van der Waals surface area contributed by atoms with Gasteiger partial charge in [-0.3, -0.25) is 4.57 Å². The van der Waals surface area contributed by atoms with Crippen molar-refractivity contribution in [2.75, 3.05) is 0 Å². The van der Waals surface area contributed by atoms with Crippen LogP contribution in [0.15, 0.2) is 40.1 Å². The third kappa shape index (κ3) is 2.32. The zero-order chi connectivity index (χ0) is 15.2. The molecule has 0 spiro atoms. The highest BCUT2D eigenvalue weighted by molar-refractivity contribution is 8.13. The fourth-order valence-corrected chi connectivity index (χ4v) is 3.23. The van der Waals surface area contributed by atoms with Gasteiger partial charge in [0.05, 0.1) is 5.56 Å². The molecule has 3 aromatic rings. The van der Waals surface area contributed by atoms with Gasteiger partial charge in [-0.25, -0.2) is 8.42 Å². The van der Waals surface area contributed by atoms with E-state index in [2.05, 4.69) is 10.2 Å². The summed E-state index contributed by atoms with van der Waals surface area (Å²) in [6.07, 6.45) is 1.54. The molecule has 110 valence electrons. The van der Waals surface area contributed by atoms with Crippen LogP contribution < -0.4 is 0 Å². The molecule has 0 aliphatic rings. The number of para-hydroxylation sites is 1. The van der Waals surface area contributed by atoms with E-state index >= 15 is 0 Å². The van der Waals surface area contributed by atoms with Crippen LogP contribution in [0.5, 0.6) is 0 Å². The zero-order valence-corrected chi connectivity index (χ0v) is 12.9. The zero-order valence-electron chi connectivity index (χ0n) is 11.3. The molecule has 0 aliphatic carbocycles. The molecule has 3 rings (SSSR count). The van der Waals surface area contributed by atoms with Crippen LogP contribution in [-0.2, 0) is 9.05 Å². The molecule has 8 heteroatoms. The van der Waals surface area contributed by atoms with Crippen LogP contribution in [0.25, 0.3) is 22.4 Å². The van der Waals surface area contributed by atoms with Crippen LogP contribution in [0.3, 0.4) is 0 Å². The molecule has 2 heterocycles. The average molecular weight is 326 g/mol. The van der Waals surface area contributed by atoms with E-state index in [1.165, 1.54) is 10.8 Å². The number of rotatable bonds is 3. The van der Waals surface area contributed by atoms with Gasteiger partial charge < -0.3 is 4.42 Å². The summed E-state index contributed by atoms with van der Waals surface area (Å²) in [5.74, 6) is 0.411. The lowest BCUT2D eigenvalue weighted by molar-refractivity contribution is 0.530. The second kappa shape index (κ2) is 4.85. The predicted molar refractivity (Wildman–Crippen MR) is 78.7 cm³/mol. The van der Waals surface area contributed by atoms with Crippen molar-refractivity contribution in [2.24, 2.45) is 0 Å². The van der Waals surface area contributed by atoms with Crippen molar-refractivity contribution >= 4 is 30.7 Å². The maximum Gasteiger partial charge on any atom is 0.296 e. The summed E-state index contributed by atoms with van der Waals surface area (Å²) in [7, 11) is 1.46. The van der Waals surface area contributed by atoms with E-state index in [-0.39, 0.29) is 11.2 Å². The van der Waals surface area contributed by atoms with Crippen LogP contribution in [0.2, 0.25) is 0 Å². The molecule has 0 bridgehead atoms. The van der Waals surface area contributed by atoms with E-state index in [9.17, 15) is 8.42 Å². The van der Waals surface area contributed by atoms with Crippen LogP contribution >= 0.6 is 10.7 Å². The van der Waals surface area contributed by atoms with Crippen molar-refractivity contribution in [3.8, 4) is 11.4 Å². The fraction of sp³-hybridized carbons (Fsp3) is 0.231. The van der Waals surface area contributed by atoms with Crippen molar-refractivity contribution < 1.29 is 12.8 Å². The molecular formula is C13H12ClN3O3S. The van der Waals surface area contributed by atoms with Gasteiger partial charge in [0.1, 0.15) is 11.8 Å². The second-order valence-electron chi connectivity index (χ2n) is 4.85. The molecule has 0 amide bonds. The summed E-state index contributed by atoms with van der Waals surface area (Å²) in [5.41, 5.74) is 1.37. The number of benzene rings is 1. The largest absolute Gasteiger partial charge is 0.464 e. The number of nitrogens with zero attached hydrogens (tertiary/aromatic N) is 3. The Kier molecular flexibility index (Phi) is 3.26. The molecule has 0 N–H and O–H groups in total. The van der Waals surface area contributed by atoms with Gasteiger partial charge in [-0.1, -0.05) is 18.2 Å². The lowest BCUT2D eigenvalue weighted by atomic mass is 10.1. The minimum Gasteiger partial charge on any atom is -0.464 e. The van der Waals surface area contributed by atoms with Gasteiger partial charge in [0.2, 0.25) is 0 Å². The molecule has 1 aromatic carbocycles. The number of fused-ring (bicyclic) bond motifs is 1. The standard InChI is InChI=1S/C13H12ClN3O3S/c1-8(2)17-12(15-16-13(17)21(14,18)19)10-7-20-11-6-4-3-5-9(10)11/h3-8H,1-2H3. The highest BCUT2D eigenvalue weighted by atomic mass is 35.7. The van der Waals surface area contributed by atoms with Gasteiger partial charge in [-0.05, 0) is 19.9 Å². The number of aromatic nitrogens is 3. The van der Waals surface area contributed by atoms with Crippen LogP contribution in [0.1, 0.15) is 19.9 Å².